The molecule has 0 bridgehead atoms. The molecule has 1 saturated heterocycles. The van der Waals surface area contributed by atoms with E-state index in [0.717, 1.165) is 30.7 Å². The van der Waals surface area contributed by atoms with Crippen LogP contribution in [0.1, 0.15) is 68.0 Å². The van der Waals surface area contributed by atoms with Gasteiger partial charge in [-0.15, -0.1) is 0 Å². The molecule has 4 heterocycles. The Hall–Kier alpha value is -4.17. The van der Waals surface area contributed by atoms with Gasteiger partial charge in [-0.3, -0.25) is 9.47 Å². The van der Waals surface area contributed by atoms with Crippen LogP contribution in [0.15, 0.2) is 45.7 Å². The Morgan fingerprint density at radius 2 is 1.90 bits per heavy atom. The number of hydrogen-bond donors (Lipinski definition) is 0. The number of halogens is 1. The van der Waals surface area contributed by atoms with E-state index in [4.69, 9.17) is 9.51 Å². The quantitative estimate of drug-likeness (QED) is 0.369. The van der Waals surface area contributed by atoms with Gasteiger partial charge in [0.1, 0.15) is 29.1 Å². The SMILES string of the molecule is CC[C@@H]1CN(c2nc(=O)n(C)c3ccc(C#N)nc23)[C@@H](C)CN1C(c1ccc(F)cc1)c1nc(C2CC2)no1. The number of aryl methyl sites for hydroxylation is 1. The number of rotatable bonds is 6. The maximum atomic E-state index is 13.9. The van der Waals surface area contributed by atoms with Gasteiger partial charge in [0.05, 0.1) is 5.52 Å². The summed E-state index contributed by atoms with van der Waals surface area (Å²) >= 11 is 0. The zero-order valence-electron chi connectivity index (χ0n) is 22.1. The molecular weight excluding hydrogens is 499 g/mol. The van der Waals surface area contributed by atoms with Crippen LogP contribution in [-0.4, -0.2) is 54.7 Å². The lowest BCUT2D eigenvalue weighted by Gasteiger charge is -2.48. The van der Waals surface area contributed by atoms with Crippen LogP contribution in [-0.2, 0) is 7.05 Å². The van der Waals surface area contributed by atoms with Crippen LogP contribution in [0.5, 0.6) is 0 Å². The maximum absolute atomic E-state index is 13.9. The number of aromatic nitrogens is 5. The standard InChI is InChI=1S/C28H29FN8O2/c1-4-21-15-36(26-23-22(35(3)28(38)33-26)12-11-20(13-30)31-23)16(2)14-37(21)24(17-7-9-19(29)10-8-17)27-32-25(34-39-27)18-5-6-18/h7-12,16,18,21,24H,4-6,14-15H2,1-3H3/t16-,21+,24?/m0/s1. The molecule has 6 rings (SSSR count). The molecule has 2 aliphatic rings. The topological polar surface area (TPSA) is 117 Å². The number of pyridine rings is 1. The van der Waals surface area contributed by atoms with Crippen LogP contribution in [0, 0.1) is 17.1 Å². The lowest BCUT2D eigenvalue weighted by molar-refractivity contribution is 0.0973. The summed E-state index contributed by atoms with van der Waals surface area (Å²) in [7, 11) is 1.65. The van der Waals surface area contributed by atoms with Gasteiger partial charge < -0.3 is 9.42 Å². The lowest BCUT2D eigenvalue weighted by Crippen LogP contribution is -2.58. The summed E-state index contributed by atoms with van der Waals surface area (Å²) in [5.74, 6) is 1.75. The first-order chi connectivity index (χ1) is 18.9. The van der Waals surface area contributed by atoms with Gasteiger partial charge in [-0.2, -0.15) is 15.2 Å². The zero-order chi connectivity index (χ0) is 27.3. The first-order valence-electron chi connectivity index (χ1n) is 13.3. The summed E-state index contributed by atoms with van der Waals surface area (Å²) in [6, 6.07) is 11.5. The molecule has 1 aliphatic carbocycles. The Balaban J connectivity index is 1.40. The van der Waals surface area contributed by atoms with Gasteiger partial charge in [0.15, 0.2) is 11.6 Å². The molecule has 0 spiro atoms. The smallest absolute Gasteiger partial charge is 0.349 e. The minimum Gasteiger partial charge on any atom is -0.349 e. The van der Waals surface area contributed by atoms with E-state index in [1.807, 2.05) is 0 Å². The average molecular weight is 529 g/mol. The lowest BCUT2D eigenvalue weighted by atomic mass is 9.97. The van der Waals surface area contributed by atoms with E-state index in [9.17, 15) is 14.4 Å². The van der Waals surface area contributed by atoms with E-state index >= 15 is 0 Å². The van der Waals surface area contributed by atoms with Crippen LogP contribution in [0.3, 0.4) is 0 Å². The van der Waals surface area contributed by atoms with Gasteiger partial charge in [0.25, 0.3) is 0 Å². The van der Waals surface area contributed by atoms with Crippen molar-refractivity contribution in [2.75, 3.05) is 18.0 Å². The highest BCUT2D eigenvalue weighted by Gasteiger charge is 2.40. The molecule has 3 atom stereocenters. The molecule has 11 heteroatoms. The van der Waals surface area contributed by atoms with Gasteiger partial charge in [-0.1, -0.05) is 24.2 Å². The second-order valence-electron chi connectivity index (χ2n) is 10.4. The minimum absolute atomic E-state index is 0.0209. The fraction of sp³-hybridized carbons (Fsp3) is 0.429. The summed E-state index contributed by atoms with van der Waals surface area (Å²) in [5.41, 5.74) is 1.90. The largest absolute Gasteiger partial charge is 0.349 e. The first kappa shape index (κ1) is 25.1. The van der Waals surface area contributed by atoms with Crippen molar-refractivity contribution in [1.82, 2.24) is 29.6 Å². The molecule has 1 aliphatic heterocycles. The Labute approximate surface area is 224 Å². The molecule has 2 fully saturated rings. The fourth-order valence-corrected chi connectivity index (χ4v) is 5.50. The van der Waals surface area contributed by atoms with Crippen molar-refractivity contribution in [2.45, 2.75) is 57.2 Å². The van der Waals surface area contributed by atoms with Gasteiger partial charge in [-0.25, -0.2) is 14.2 Å². The van der Waals surface area contributed by atoms with Crippen LogP contribution in [0.2, 0.25) is 0 Å². The molecule has 0 radical (unpaired) electrons. The van der Waals surface area contributed by atoms with Crippen LogP contribution >= 0.6 is 0 Å². The Bertz CT molecular complexity index is 1620. The number of piperazine rings is 1. The number of nitrogens with zero attached hydrogens (tertiary/aromatic N) is 8. The predicted octanol–water partition coefficient (Wildman–Crippen LogP) is 3.68. The molecular formula is C28H29FN8O2. The molecule has 0 amide bonds. The molecule has 200 valence electrons. The Morgan fingerprint density at radius 1 is 1.13 bits per heavy atom. The third-order valence-corrected chi connectivity index (χ3v) is 7.83. The molecule has 1 saturated carbocycles. The third-order valence-electron chi connectivity index (χ3n) is 7.83. The average Bonchev–Trinajstić information content (AvgIpc) is 3.69. The summed E-state index contributed by atoms with van der Waals surface area (Å²) < 4.78 is 21.1. The number of anilines is 1. The van der Waals surface area contributed by atoms with Crippen molar-refractivity contribution in [3.63, 3.8) is 0 Å². The second kappa shape index (κ2) is 9.85. The molecule has 10 nitrogen and oxygen atoms in total. The molecule has 39 heavy (non-hydrogen) atoms. The minimum atomic E-state index is -0.380. The predicted molar refractivity (Wildman–Crippen MR) is 142 cm³/mol. The van der Waals surface area contributed by atoms with Crippen molar-refractivity contribution >= 4 is 16.9 Å². The van der Waals surface area contributed by atoms with E-state index in [2.05, 4.69) is 44.8 Å². The Morgan fingerprint density at radius 3 is 2.59 bits per heavy atom. The van der Waals surface area contributed by atoms with Crippen LogP contribution < -0.4 is 10.6 Å². The van der Waals surface area contributed by atoms with Gasteiger partial charge in [0.2, 0.25) is 5.89 Å². The van der Waals surface area contributed by atoms with Crippen molar-refractivity contribution in [2.24, 2.45) is 7.05 Å². The van der Waals surface area contributed by atoms with Crippen molar-refractivity contribution in [3.8, 4) is 6.07 Å². The van der Waals surface area contributed by atoms with E-state index < -0.39 is 0 Å². The van der Waals surface area contributed by atoms with Crippen LogP contribution in [0.25, 0.3) is 11.0 Å². The van der Waals surface area contributed by atoms with Gasteiger partial charge >= 0.3 is 5.69 Å². The highest BCUT2D eigenvalue weighted by molar-refractivity contribution is 5.86. The van der Waals surface area contributed by atoms with Crippen LogP contribution in [0.4, 0.5) is 10.2 Å². The summed E-state index contributed by atoms with van der Waals surface area (Å²) in [6.07, 6.45) is 2.92. The third kappa shape index (κ3) is 4.55. The highest BCUT2D eigenvalue weighted by Crippen LogP contribution is 2.40. The molecule has 3 aromatic heterocycles. The van der Waals surface area contributed by atoms with Gasteiger partial charge in [0, 0.05) is 38.1 Å². The highest BCUT2D eigenvalue weighted by atomic mass is 19.1. The van der Waals surface area contributed by atoms with E-state index in [-0.39, 0.29) is 35.3 Å². The monoisotopic (exact) mass is 528 g/mol. The number of benzene rings is 1. The maximum Gasteiger partial charge on any atom is 0.349 e. The first-order valence-corrected chi connectivity index (χ1v) is 13.3. The molecule has 1 unspecified atom stereocenters. The van der Waals surface area contributed by atoms with E-state index in [0.29, 0.717) is 41.7 Å². The molecule has 1 aromatic carbocycles. The number of fused-ring (bicyclic) bond motifs is 1. The Kier molecular flexibility index (Phi) is 6.35. The summed E-state index contributed by atoms with van der Waals surface area (Å²) in [5, 5.41) is 13.7. The summed E-state index contributed by atoms with van der Waals surface area (Å²) in [6.45, 7) is 5.34. The normalized spacial score (nSPS) is 20.7. The fourth-order valence-electron chi connectivity index (χ4n) is 5.50. The van der Waals surface area contributed by atoms with E-state index in [1.54, 1.807) is 31.3 Å². The number of nitriles is 1. The second-order valence-corrected chi connectivity index (χ2v) is 10.4. The van der Waals surface area contributed by atoms with E-state index in [1.165, 1.54) is 16.7 Å². The molecule has 0 N–H and O–H groups in total. The molecule has 4 aromatic rings. The van der Waals surface area contributed by atoms with Crippen molar-refractivity contribution in [1.29, 1.82) is 5.26 Å². The van der Waals surface area contributed by atoms with Gasteiger partial charge in [-0.05, 0) is 56.0 Å². The summed E-state index contributed by atoms with van der Waals surface area (Å²) in [4.78, 5) is 31.0. The van der Waals surface area contributed by atoms with Crippen molar-refractivity contribution < 1.29 is 8.91 Å². The van der Waals surface area contributed by atoms with Crippen molar-refractivity contribution in [3.05, 3.63) is 75.7 Å². The number of hydrogen-bond acceptors (Lipinski definition) is 9. The zero-order valence-corrected chi connectivity index (χ0v) is 22.1.